The SMILES string of the molecule is C[C@H](Sc1nnc(Cc2ccc(F)cc2)n1N)C(=O)Nc1ccc2[nH]c(=O)[nH]c2c1. The van der Waals surface area contributed by atoms with Crippen LogP contribution < -0.4 is 16.8 Å². The van der Waals surface area contributed by atoms with Crippen molar-refractivity contribution in [3.63, 3.8) is 0 Å². The third kappa shape index (κ3) is 4.20. The first-order valence-electron chi connectivity index (χ1n) is 9.02. The molecule has 2 aromatic heterocycles. The van der Waals surface area contributed by atoms with E-state index in [1.54, 1.807) is 37.3 Å². The summed E-state index contributed by atoms with van der Waals surface area (Å²) in [5.74, 6) is 6.01. The molecule has 154 valence electrons. The number of nitrogens with two attached hydrogens (primary N) is 1. The number of hydrogen-bond donors (Lipinski definition) is 4. The molecule has 0 bridgehead atoms. The number of carbonyl (C=O) groups is 1. The number of benzene rings is 2. The van der Waals surface area contributed by atoms with E-state index in [1.807, 2.05) is 0 Å². The van der Waals surface area contributed by atoms with Crippen LogP contribution in [0.4, 0.5) is 10.1 Å². The van der Waals surface area contributed by atoms with E-state index in [2.05, 4.69) is 25.5 Å². The zero-order valence-electron chi connectivity index (χ0n) is 15.8. The average Bonchev–Trinajstić information content (AvgIpc) is 3.25. The third-order valence-electron chi connectivity index (χ3n) is 4.45. The minimum absolute atomic E-state index is 0.250. The lowest BCUT2D eigenvalue weighted by molar-refractivity contribution is -0.115. The van der Waals surface area contributed by atoms with E-state index in [9.17, 15) is 14.0 Å². The lowest BCUT2D eigenvalue weighted by Gasteiger charge is -2.11. The number of anilines is 1. The molecule has 5 N–H and O–H groups in total. The highest BCUT2D eigenvalue weighted by Crippen LogP contribution is 2.23. The highest BCUT2D eigenvalue weighted by Gasteiger charge is 2.20. The Morgan fingerprint density at radius 2 is 1.93 bits per heavy atom. The summed E-state index contributed by atoms with van der Waals surface area (Å²) in [6.45, 7) is 1.73. The molecule has 4 rings (SSSR count). The van der Waals surface area contributed by atoms with Crippen molar-refractivity contribution in [1.82, 2.24) is 24.8 Å². The van der Waals surface area contributed by atoms with Crippen LogP contribution in [-0.2, 0) is 11.2 Å². The number of aromatic nitrogens is 5. The summed E-state index contributed by atoms with van der Waals surface area (Å²) in [6, 6.07) is 11.1. The minimum Gasteiger partial charge on any atom is -0.336 e. The number of rotatable bonds is 6. The van der Waals surface area contributed by atoms with Gasteiger partial charge in [-0.05, 0) is 42.8 Å². The topological polar surface area (TPSA) is 134 Å². The van der Waals surface area contributed by atoms with Gasteiger partial charge in [0.15, 0.2) is 5.82 Å². The number of imidazole rings is 1. The van der Waals surface area contributed by atoms with Crippen LogP contribution in [0.5, 0.6) is 0 Å². The number of fused-ring (bicyclic) bond motifs is 1. The molecule has 0 fully saturated rings. The van der Waals surface area contributed by atoms with Gasteiger partial charge in [0.05, 0.1) is 16.3 Å². The molecule has 0 radical (unpaired) electrons. The van der Waals surface area contributed by atoms with Gasteiger partial charge in [0.2, 0.25) is 11.1 Å². The molecule has 2 heterocycles. The van der Waals surface area contributed by atoms with Crippen LogP contribution in [0.2, 0.25) is 0 Å². The first-order valence-corrected chi connectivity index (χ1v) is 9.90. The molecule has 4 aromatic rings. The third-order valence-corrected chi connectivity index (χ3v) is 5.50. The van der Waals surface area contributed by atoms with Gasteiger partial charge >= 0.3 is 5.69 Å². The van der Waals surface area contributed by atoms with Crippen LogP contribution in [0.15, 0.2) is 52.4 Å². The summed E-state index contributed by atoms with van der Waals surface area (Å²) in [7, 11) is 0. The number of aromatic amines is 2. The molecule has 0 unspecified atom stereocenters. The quantitative estimate of drug-likeness (QED) is 0.275. The normalized spacial score (nSPS) is 12.2. The van der Waals surface area contributed by atoms with Gasteiger partial charge in [-0.2, -0.15) is 0 Å². The second-order valence-electron chi connectivity index (χ2n) is 6.66. The largest absolute Gasteiger partial charge is 0.336 e. The number of nitrogens with zero attached hydrogens (tertiary/aromatic N) is 3. The van der Waals surface area contributed by atoms with Crippen molar-refractivity contribution in [2.24, 2.45) is 0 Å². The number of thioether (sulfide) groups is 1. The predicted molar refractivity (Wildman–Crippen MR) is 112 cm³/mol. The monoisotopic (exact) mass is 427 g/mol. The molecule has 0 spiro atoms. The van der Waals surface area contributed by atoms with E-state index in [4.69, 9.17) is 5.84 Å². The van der Waals surface area contributed by atoms with Crippen LogP contribution in [0.3, 0.4) is 0 Å². The maximum Gasteiger partial charge on any atom is 0.323 e. The van der Waals surface area contributed by atoms with Crippen molar-refractivity contribution in [3.8, 4) is 0 Å². The number of hydrogen-bond acceptors (Lipinski definition) is 6. The van der Waals surface area contributed by atoms with Crippen LogP contribution in [0, 0.1) is 5.82 Å². The lowest BCUT2D eigenvalue weighted by Crippen LogP contribution is -2.24. The number of halogens is 1. The average molecular weight is 427 g/mol. The molecular formula is C19H18FN7O2S. The van der Waals surface area contributed by atoms with E-state index in [0.717, 1.165) is 5.56 Å². The van der Waals surface area contributed by atoms with E-state index < -0.39 is 5.25 Å². The van der Waals surface area contributed by atoms with Crippen LogP contribution in [0.25, 0.3) is 11.0 Å². The molecule has 0 saturated carbocycles. The molecule has 0 aliphatic rings. The molecule has 0 aliphatic heterocycles. The molecule has 0 saturated heterocycles. The van der Waals surface area contributed by atoms with Gasteiger partial charge in [0.25, 0.3) is 0 Å². The predicted octanol–water partition coefficient (Wildman–Crippen LogP) is 2.01. The second-order valence-corrected chi connectivity index (χ2v) is 7.97. The Labute approximate surface area is 173 Å². The van der Waals surface area contributed by atoms with E-state index >= 15 is 0 Å². The number of H-pyrrole nitrogens is 2. The highest BCUT2D eigenvalue weighted by molar-refractivity contribution is 8.00. The van der Waals surface area contributed by atoms with Gasteiger partial charge in [0.1, 0.15) is 5.82 Å². The van der Waals surface area contributed by atoms with Gasteiger partial charge in [-0.25, -0.2) is 13.9 Å². The number of nitrogens with one attached hydrogen (secondary N) is 3. The van der Waals surface area contributed by atoms with E-state index in [-0.39, 0.29) is 17.4 Å². The Morgan fingerprint density at radius 1 is 1.20 bits per heavy atom. The number of nitrogen functional groups attached to an aromatic ring is 1. The van der Waals surface area contributed by atoms with Crippen molar-refractivity contribution in [2.75, 3.05) is 11.2 Å². The second kappa shape index (κ2) is 8.03. The molecule has 11 heteroatoms. The van der Waals surface area contributed by atoms with Crippen molar-refractivity contribution in [2.45, 2.75) is 23.8 Å². The first kappa shape index (κ1) is 19.7. The van der Waals surface area contributed by atoms with Gasteiger partial charge in [-0.1, -0.05) is 23.9 Å². The smallest absolute Gasteiger partial charge is 0.323 e. The molecular weight excluding hydrogens is 409 g/mol. The fraction of sp³-hybridized carbons (Fsp3) is 0.158. The molecule has 1 atom stereocenters. The Kier molecular flexibility index (Phi) is 5.27. The van der Waals surface area contributed by atoms with Crippen molar-refractivity contribution >= 4 is 34.4 Å². The Balaban J connectivity index is 1.41. The Hall–Kier alpha value is -3.60. The van der Waals surface area contributed by atoms with Crippen molar-refractivity contribution < 1.29 is 9.18 Å². The number of carbonyl (C=O) groups excluding carboxylic acids is 1. The van der Waals surface area contributed by atoms with Gasteiger partial charge in [0, 0.05) is 12.1 Å². The number of amides is 1. The molecule has 1 amide bonds. The van der Waals surface area contributed by atoms with E-state index in [0.29, 0.717) is 34.1 Å². The molecule has 30 heavy (non-hydrogen) atoms. The van der Waals surface area contributed by atoms with E-state index in [1.165, 1.54) is 28.6 Å². The first-order chi connectivity index (χ1) is 14.4. The zero-order chi connectivity index (χ0) is 21.3. The van der Waals surface area contributed by atoms with Crippen LogP contribution >= 0.6 is 11.8 Å². The van der Waals surface area contributed by atoms with Crippen LogP contribution in [0.1, 0.15) is 18.3 Å². The summed E-state index contributed by atoms with van der Waals surface area (Å²) >= 11 is 1.17. The summed E-state index contributed by atoms with van der Waals surface area (Å²) in [5.41, 5.74) is 2.35. The molecule has 9 nitrogen and oxygen atoms in total. The molecule has 2 aromatic carbocycles. The Bertz CT molecular complexity index is 1260. The fourth-order valence-corrected chi connectivity index (χ4v) is 3.65. The Morgan fingerprint density at radius 3 is 2.70 bits per heavy atom. The summed E-state index contributed by atoms with van der Waals surface area (Å²) in [5, 5.41) is 10.8. The van der Waals surface area contributed by atoms with Gasteiger partial charge in [-0.15, -0.1) is 10.2 Å². The minimum atomic E-state index is -0.504. The van der Waals surface area contributed by atoms with Crippen LogP contribution in [-0.4, -0.2) is 36.0 Å². The maximum atomic E-state index is 13.0. The van der Waals surface area contributed by atoms with Gasteiger partial charge < -0.3 is 21.1 Å². The van der Waals surface area contributed by atoms with Gasteiger partial charge in [-0.3, -0.25) is 4.79 Å². The molecule has 0 aliphatic carbocycles. The van der Waals surface area contributed by atoms with Crippen molar-refractivity contribution in [3.05, 3.63) is 70.2 Å². The zero-order valence-corrected chi connectivity index (χ0v) is 16.7. The lowest BCUT2D eigenvalue weighted by atomic mass is 10.1. The summed E-state index contributed by atoms with van der Waals surface area (Å²) in [6.07, 6.45) is 0.389. The maximum absolute atomic E-state index is 13.0. The summed E-state index contributed by atoms with van der Waals surface area (Å²) < 4.78 is 14.4. The highest BCUT2D eigenvalue weighted by atomic mass is 32.2. The van der Waals surface area contributed by atoms with Crippen molar-refractivity contribution in [1.29, 1.82) is 0 Å². The standard InChI is InChI=1S/C19H18FN7O2S/c1-10(17(28)22-13-6-7-14-15(9-13)24-18(29)23-14)30-19-26-25-16(27(19)21)8-11-2-4-12(20)5-3-11/h2-7,9-10H,8,21H2,1H3,(H,22,28)(H2,23,24,29)/t10-/m0/s1. The fourth-order valence-electron chi connectivity index (χ4n) is 2.86. The summed E-state index contributed by atoms with van der Waals surface area (Å²) in [4.78, 5) is 29.2.